The van der Waals surface area contributed by atoms with Crippen LogP contribution in [0.2, 0.25) is 0 Å². The second-order valence-corrected chi connectivity index (χ2v) is 3.52. The molecule has 2 aromatic rings. The van der Waals surface area contributed by atoms with E-state index in [2.05, 4.69) is 27.0 Å². The molecule has 0 atom stereocenters. The van der Waals surface area contributed by atoms with E-state index in [1.54, 1.807) is 18.5 Å². The third-order valence-electron chi connectivity index (χ3n) is 1.61. The maximum atomic E-state index is 5.55. The second kappa shape index (κ2) is 4.24. The molecular weight excluding hydrogens is 242 g/mol. The van der Waals surface area contributed by atoms with Crippen molar-refractivity contribution < 1.29 is 4.74 Å². The van der Waals surface area contributed by atoms with Gasteiger partial charge in [-0.25, -0.2) is 0 Å². The van der Waals surface area contributed by atoms with Gasteiger partial charge in [-0.2, -0.15) is 0 Å². The van der Waals surface area contributed by atoms with Crippen molar-refractivity contribution in [1.29, 1.82) is 0 Å². The predicted octanol–water partition coefficient (Wildman–Crippen LogP) is 3.44. The van der Waals surface area contributed by atoms with Gasteiger partial charge in [-0.3, -0.25) is 4.98 Å². The number of benzene rings is 1. The fraction of sp³-hybridized carbons (Fsp3) is 0. The van der Waals surface area contributed by atoms with Crippen LogP contribution in [0.3, 0.4) is 0 Å². The maximum Gasteiger partial charge on any atom is 0.145 e. The van der Waals surface area contributed by atoms with Crippen LogP contribution in [0.1, 0.15) is 0 Å². The summed E-state index contributed by atoms with van der Waals surface area (Å²) in [6.45, 7) is 0. The van der Waals surface area contributed by atoms with Crippen LogP contribution in [0.15, 0.2) is 47.2 Å². The quantitative estimate of drug-likeness (QED) is 0.813. The molecule has 0 aliphatic carbocycles. The highest BCUT2D eigenvalue weighted by Gasteiger charge is 1.96. The smallest absolute Gasteiger partial charge is 0.145 e. The van der Waals surface area contributed by atoms with Crippen LogP contribution in [-0.2, 0) is 0 Å². The summed E-state index contributed by atoms with van der Waals surface area (Å²) in [5.41, 5.74) is 0. The van der Waals surface area contributed by atoms with Crippen molar-refractivity contribution in [1.82, 2.24) is 4.98 Å². The molecule has 3 heteroatoms. The molecule has 0 bridgehead atoms. The first-order valence-corrected chi connectivity index (χ1v) is 4.89. The largest absolute Gasteiger partial charge is 0.456 e. The minimum atomic E-state index is 0.727. The van der Waals surface area contributed by atoms with Crippen molar-refractivity contribution in [2.45, 2.75) is 0 Å². The zero-order valence-corrected chi connectivity index (χ0v) is 8.86. The highest BCUT2D eigenvalue weighted by Crippen LogP contribution is 2.22. The van der Waals surface area contributed by atoms with Crippen LogP contribution >= 0.6 is 15.9 Å². The van der Waals surface area contributed by atoms with Gasteiger partial charge in [-0.15, -0.1) is 0 Å². The van der Waals surface area contributed by atoms with E-state index in [0.717, 1.165) is 16.0 Å². The molecule has 1 heterocycles. The molecule has 14 heavy (non-hydrogen) atoms. The van der Waals surface area contributed by atoms with Crippen molar-refractivity contribution in [3.05, 3.63) is 53.3 Å². The minimum absolute atomic E-state index is 0.727. The Morgan fingerprint density at radius 2 is 2.21 bits per heavy atom. The third-order valence-corrected chi connectivity index (χ3v) is 2.07. The second-order valence-electron chi connectivity index (χ2n) is 2.66. The molecule has 0 spiro atoms. The van der Waals surface area contributed by atoms with Gasteiger partial charge in [0.2, 0.25) is 0 Å². The third kappa shape index (κ3) is 2.33. The summed E-state index contributed by atoms with van der Waals surface area (Å²) in [5, 5.41) is 0. The summed E-state index contributed by atoms with van der Waals surface area (Å²) in [5.74, 6) is 1.49. The topological polar surface area (TPSA) is 22.1 Å². The molecule has 0 unspecified atom stereocenters. The first-order valence-electron chi connectivity index (χ1n) is 4.10. The minimum Gasteiger partial charge on any atom is -0.456 e. The number of hydrogen-bond donors (Lipinski definition) is 0. The fourth-order valence-corrected chi connectivity index (χ4v) is 1.38. The number of aromatic nitrogens is 1. The number of nitrogens with zero attached hydrogens (tertiary/aromatic N) is 1. The van der Waals surface area contributed by atoms with Gasteiger partial charge >= 0.3 is 0 Å². The van der Waals surface area contributed by atoms with Gasteiger partial charge in [0.25, 0.3) is 0 Å². The summed E-state index contributed by atoms with van der Waals surface area (Å²) >= 11 is 3.32. The van der Waals surface area contributed by atoms with Crippen LogP contribution < -0.4 is 4.74 Å². The van der Waals surface area contributed by atoms with Gasteiger partial charge in [-0.05, 0) is 36.4 Å². The molecule has 0 amide bonds. The van der Waals surface area contributed by atoms with Gasteiger partial charge in [0.05, 0.1) is 6.20 Å². The average molecular weight is 249 g/mol. The number of halogens is 1. The van der Waals surface area contributed by atoms with E-state index >= 15 is 0 Å². The Labute approximate surface area is 90.7 Å². The van der Waals surface area contributed by atoms with E-state index < -0.39 is 0 Å². The molecule has 0 aliphatic rings. The van der Waals surface area contributed by atoms with Crippen molar-refractivity contribution >= 4 is 15.9 Å². The summed E-state index contributed by atoms with van der Waals surface area (Å²) in [6, 6.07) is 12.2. The Balaban J connectivity index is 2.19. The van der Waals surface area contributed by atoms with Crippen LogP contribution in [0, 0.1) is 6.07 Å². The molecule has 1 aromatic carbocycles. The van der Waals surface area contributed by atoms with E-state index in [4.69, 9.17) is 4.74 Å². The fourth-order valence-electron chi connectivity index (χ4n) is 1.03. The van der Waals surface area contributed by atoms with Crippen molar-refractivity contribution in [3.8, 4) is 11.5 Å². The number of hydrogen-bond acceptors (Lipinski definition) is 2. The number of ether oxygens (including phenoxy) is 1. The maximum absolute atomic E-state index is 5.55. The molecule has 1 aromatic heterocycles. The van der Waals surface area contributed by atoms with Crippen molar-refractivity contribution in [2.75, 3.05) is 0 Å². The molecular formula is C11H7BrNO. The molecule has 1 radical (unpaired) electrons. The Morgan fingerprint density at radius 3 is 2.93 bits per heavy atom. The standard InChI is InChI=1S/C11H7BrNO/c12-9-3-1-4-10(7-9)14-11-5-2-6-13-8-11/h1-2,4-8H. The number of pyridine rings is 1. The monoisotopic (exact) mass is 248 g/mol. The highest BCUT2D eigenvalue weighted by molar-refractivity contribution is 9.10. The lowest BCUT2D eigenvalue weighted by molar-refractivity contribution is 0.480. The Bertz CT molecular complexity index is 417. The Morgan fingerprint density at radius 1 is 1.29 bits per heavy atom. The molecule has 0 saturated carbocycles. The van der Waals surface area contributed by atoms with Gasteiger partial charge < -0.3 is 4.74 Å². The number of rotatable bonds is 2. The van der Waals surface area contributed by atoms with E-state index in [1.165, 1.54) is 0 Å². The molecule has 69 valence electrons. The SMILES string of the molecule is Brc1[c]ccc(Oc2cccnc2)c1. The average Bonchev–Trinajstić information content (AvgIpc) is 2.19. The van der Waals surface area contributed by atoms with Crippen LogP contribution in [0.4, 0.5) is 0 Å². The lowest BCUT2D eigenvalue weighted by atomic mass is 10.3. The summed E-state index contributed by atoms with van der Waals surface area (Å²) in [7, 11) is 0. The van der Waals surface area contributed by atoms with Crippen molar-refractivity contribution in [2.24, 2.45) is 0 Å². The first-order chi connectivity index (χ1) is 6.84. The summed E-state index contributed by atoms with van der Waals surface area (Å²) in [6.07, 6.45) is 3.38. The van der Waals surface area contributed by atoms with Crippen LogP contribution in [0.25, 0.3) is 0 Å². The molecule has 2 rings (SSSR count). The van der Waals surface area contributed by atoms with E-state index in [0.29, 0.717) is 0 Å². The van der Waals surface area contributed by atoms with E-state index in [-0.39, 0.29) is 0 Å². The van der Waals surface area contributed by atoms with Gasteiger partial charge in [0, 0.05) is 10.7 Å². The molecule has 0 N–H and O–H groups in total. The highest BCUT2D eigenvalue weighted by atomic mass is 79.9. The van der Waals surface area contributed by atoms with Gasteiger partial charge in [0.15, 0.2) is 0 Å². The van der Waals surface area contributed by atoms with Crippen LogP contribution in [-0.4, -0.2) is 4.98 Å². The molecule has 0 fully saturated rings. The Kier molecular flexibility index (Phi) is 2.79. The first kappa shape index (κ1) is 9.21. The predicted molar refractivity (Wildman–Crippen MR) is 57.3 cm³/mol. The van der Waals surface area contributed by atoms with E-state index in [1.807, 2.05) is 24.3 Å². The molecule has 0 aliphatic heterocycles. The molecule has 0 saturated heterocycles. The zero-order chi connectivity index (χ0) is 9.80. The van der Waals surface area contributed by atoms with E-state index in [9.17, 15) is 0 Å². The summed E-state index contributed by atoms with van der Waals surface area (Å²) < 4.78 is 6.42. The van der Waals surface area contributed by atoms with Crippen LogP contribution in [0.5, 0.6) is 11.5 Å². The lowest BCUT2D eigenvalue weighted by Gasteiger charge is -2.04. The van der Waals surface area contributed by atoms with Gasteiger partial charge in [0.1, 0.15) is 11.5 Å². The molecule has 2 nitrogen and oxygen atoms in total. The van der Waals surface area contributed by atoms with Crippen molar-refractivity contribution in [3.63, 3.8) is 0 Å². The summed E-state index contributed by atoms with van der Waals surface area (Å²) in [4.78, 5) is 3.96. The zero-order valence-electron chi connectivity index (χ0n) is 7.27. The lowest BCUT2D eigenvalue weighted by Crippen LogP contribution is -1.84. The Hall–Kier alpha value is -1.35. The normalized spacial score (nSPS) is 9.79. The van der Waals surface area contributed by atoms with Gasteiger partial charge in [-0.1, -0.05) is 15.9 Å².